The predicted molar refractivity (Wildman–Crippen MR) is 74.8 cm³/mol. The Morgan fingerprint density at radius 3 is 2.56 bits per heavy atom. The molecule has 1 aromatic carbocycles. The molecule has 0 saturated carbocycles. The summed E-state index contributed by atoms with van der Waals surface area (Å²) < 4.78 is 5.78. The topological polar surface area (TPSA) is 41.5 Å². The highest BCUT2D eigenvalue weighted by atomic mass is 16.5. The molecule has 1 aromatic rings. The minimum atomic E-state index is -0.231. The van der Waals surface area contributed by atoms with Crippen LogP contribution in [0.4, 0.5) is 0 Å². The summed E-state index contributed by atoms with van der Waals surface area (Å²) in [6.45, 7) is 8.98. The third-order valence-electron chi connectivity index (χ3n) is 3.17. The highest BCUT2D eigenvalue weighted by Crippen LogP contribution is 2.20. The van der Waals surface area contributed by atoms with Crippen molar-refractivity contribution in [1.82, 2.24) is 5.32 Å². The largest absolute Gasteiger partial charge is 0.491 e. The molecule has 0 saturated heterocycles. The zero-order valence-electron chi connectivity index (χ0n) is 11.9. The van der Waals surface area contributed by atoms with Crippen LogP contribution in [0.1, 0.15) is 39.7 Å². The van der Waals surface area contributed by atoms with Gasteiger partial charge in [0.25, 0.3) is 0 Å². The minimum absolute atomic E-state index is 0.136. The molecule has 0 aliphatic rings. The number of benzene rings is 1. The second-order valence-corrected chi connectivity index (χ2v) is 5.20. The lowest BCUT2D eigenvalue weighted by molar-refractivity contribution is 0.167. The Hall–Kier alpha value is -1.06. The van der Waals surface area contributed by atoms with Crippen LogP contribution in [0.15, 0.2) is 24.3 Å². The van der Waals surface area contributed by atoms with Crippen molar-refractivity contribution in [2.45, 2.75) is 52.3 Å². The standard InChI is InChI=1S/C15H25NO2/c1-5-15(4,11-17)16-10-13-8-6-7-9-14(13)18-12(2)3/h6-9,12,16-17H,5,10-11H2,1-4H3. The highest BCUT2D eigenvalue weighted by Gasteiger charge is 2.20. The average molecular weight is 251 g/mol. The summed E-state index contributed by atoms with van der Waals surface area (Å²) in [6, 6.07) is 8.02. The number of rotatable bonds is 7. The second-order valence-electron chi connectivity index (χ2n) is 5.20. The third-order valence-corrected chi connectivity index (χ3v) is 3.17. The van der Waals surface area contributed by atoms with Crippen molar-refractivity contribution in [2.24, 2.45) is 0 Å². The van der Waals surface area contributed by atoms with Gasteiger partial charge in [-0.15, -0.1) is 0 Å². The third kappa shape index (κ3) is 4.31. The summed E-state index contributed by atoms with van der Waals surface area (Å²) in [5, 5.41) is 12.8. The van der Waals surface area contributed by atoms with E-state index in [2.05, 4.69) is 18.3 Å². The fourth-order valence-corrected chi connectivity index (χ4v) is 1.62. The van der Waals surface area contributed by atoms with Gasteiger partial charge in [0, 0.05) is 17.6 Å². The van der Waals surface area contributed by atoms with Gasteiger partial charge in [-0.3, -0.25) is 0 Å². The van der Waals surface area contributed by atoms with E-state index in [1.54, 1.807) is 0 Å². The fraction of sp³-hybridized carbons (Fsp3) is 0.600. The van der Waals surface area contributed by atoms with Gasteiger partial charge in [0.15, 0.2) is 0 Å². The van der Waals surface area contributed by atoms with Crippen LogP contribution < -0.4 is 10.1 Å². The van der Waals surface area contributed by atoms with Gasteiger partial charge in [-0.05, 0) is 33.3 Å². The van der Waals surface area contributed by atoms with E-state index in [4.69, 9.17) is 4.74 Å². The molecule has 0 amide bonds. The van der Waals surface area contributed by atoms with Crippen molar-refractivity contribution in [3.05, 3.63) is 29.8 Å². The monoisotopic (exact) mass is 251 g/mol. The van der Waals surface area contributed by atoms with Crippen LogP contribution in [-0.4, -0.2) is 23.4 Å². The molecule has 1 unspecified atom stereocenters. The highest BCUT2D eigenvalue weighted by molar-refractivity contribution is 5.33. The Kier molecular flexibility index (Phi) is 5.63. The average Bonchev–Trinajstić information content (AvgIpc) is 2.37. The van der Waals surface area contributed by atoms with Gasteiger partial charge in [-0.2, -0.15) is 0 Å². The summed E-state index contributed by atoms with van der Waals surface area (Å²) >= 11 is 0. The van der Waals surface area contributed by atoms with Crippen molar-refractivity contribution in [2.75, 3.05) is 6.61 Å². The lowest BCUT2D eigenvalue weighted by Gasteiger charge is -2.28. The quantitative estimate of drug-likeness (QED) is 0.783. The first-order valence-electron chi connectivity index (χ1n) is 6.61. The molecule has 0 radical (unpaired) electrons. The van der Waals surface area contributed by atoms with Crippen molar-refractivity contribution in [1.29, 1.82) is 0 Å². The lowest BCUT2D eigenvalue weighted by atomic mass is 10.00. The normalized spacial score (nSPS) is 14.6. The number of hydrogen-bond donors (Lipinski definition) is 2. The Morgan fingerprint density at radius 1 is 1.33 bits per heavy atom. The lowest BCUT2D eigenvalue weighted by Crippen LogP contribution is -2.44. The van der Waals surface area contributed by atoms with Gasteiger partial charge in [-0.25, -0.2) is 0 Å². The molecule has 18 heavy (non-hydrogen) atoms. The number of nitrogens with one attached hydrogen (secondary N) is 1. The summed E-state index contributed by atoms with van der Waals surface area (Å²) in [6.07, 6.45) is 1.05. The van der Waals surface area contributed by atoms with Crippen LogP contribution in [0.3, 0.4) is 0 Å². The smallest absolute Gasteiger partial charge is 0.124 e. The number of ether oxygens (including phenoxy) is 1. The van der Waals surface area contributed by atoms with Crippen LogP contribution in [0, 0.1) is 0 Å². The van der Waals surface area contributed by atoms with Crippen molar-refractivity contribution >= 4 is 0 Å². The first kappa shape index (κ1) is 15.0. The van der Waals surface area contributed by atoms with E-state index in [1.165, 1.54) is 0 Å². The fourth-order valence-electron chi connectivity index (χ4n) is 1.62. The molecule has 102 valence electrons. The first-order valence-corrected chi connectivity index (χ1v) is 6.61. The number of aliphatic hydroxyl groups is 1. The van der Waals surface area contributed by atoms with Crippen molar-refractivity contribution < 1.29 is 9.84 Å². The minimum Gasteiger partial charge on any atom is -0.491 e. The van der Waals surface area contributed by atoms with Gasteiger partial charge in [0.05, 0.1) is 12.7 Å². The zero-order chi connectivity index (χ0) is 13.6. The van der Waals surface area contributed by atoms with Gasteiger partial charge in [0.1, 0.15) is 5.75 Å². The second kappa shape index (κ2) is 6.76. The van der Waals surface area contributed by atoms with E-state index < -0.39 is 0 Å². The summed E-state index contributed by atoms with van der Waals surface area (Å²) in [4.78, 5) is 0. The van der Waals surface area contributed by atoms with Gasteiger partial charge < -0.3 is 15.2 Å². The van der Waals surface area contributed by atoms with Crippen molar-refractivity contribution in [3.8, 4) is 5.75 Å². The molecule has 0 aliphatic carbocycles. The zero-order valence-corrected chi connectivity index (χ0v) is 11.9. The van der Waals surface area contributed by atoms with E-state index in [-0.39, 0.29) is 18.2 Å². The molecule has 1 atom stereocenters. The van der Waals surface area contributed by atoms with E-state index in [9.17, 15) is 5.11 Å². The van der Waals surface area contributed by atoms with Gasteiger partial charge in [0.2, 0.25) is 0 Å². The van der Waals surface area contributed by atoms with Crippen LogP contribution in [0.25, 0.3) is 0 Å². The molecule has 3 nitrogen and oxygen atoms in total. The maximum Gasteiger partial charge on any atom is 0.124 e. The Balaban J connectivity index is 2.72. The molecular formula is C15H25NO2. The van der Waals surface area contributed by atoms with Crippen molar-refractivity contribution in [3.63, 3.8) is 0 Å². The SMILES string of the molecule is CCC(C)(CO)NCc1ccccc1OC(C)C. The van der Waals surface area contributed by atoms with Gasteiger partial charge in [-0.1, -0.05) is 25.1 Å². The van der Waals surface area contributed by atoms with Crippen LogP contribution >= 0.6 is 0 Å². The van der Waals surface area contributed by atoms with E-state index in [0.717, 1.165) is 17.7 Å². The maximum atomic E-state index is 9.38. The summed E-state index contributed by atoms with van der Waals surface area (Å²) in [7, 11) is 0. The van der Waals surface area contributed by atoms with Crippen LogP contribution in [0.2, 0.25) is 0 Å². The molecule has 1 rings (SSSR count). The summed E-state index contributed by atoms with van der Waals surface area (Å²) in [5.41, 5.74) is 0.893. The number of para-hydroxylation sites is 1. The molecule has 0 spiro atoms. The first-order chi connectivity index (χ1) is 8.50. The molecule has 0 fully saturated rings. The molecule has 0 aromatic heterocycles. The Bertz CT molecular complexity index is 359. The number of hydrogen-bond acceptors (Lipinski definition) is 3. The molecule has 3 heteroatoms. The Morgan fingerprint density at radius 2 is 2.00 bits per heavy atom. The Labute approximate surface area is 110 Å². The molecule has 0 heterocycles. The molecular weight excluding hydrogens is 226 g/mol. The van der Waals surface area contributed by atoms with E-state index in [1.807, 2.05) is 39.0 Å². The predicted octanol–water partition coefficient (Wildman–Crippen LogP) is 2.72. The van der Waals surface area contributed by atoms with E-state index >= 15 is 0 Å². The van der Waals surface area contributed by atoms with Crippen LogP contribution in [0.5, 0.6) is 5.75 Å². The van der Waals surface area contributed by atoms with Crippen LogP contribution in [-0.2, 0) is 6.54 Å². The molecule has 2 N–H and O–H groups in total. The molecule has 0 aliphatic heterocycles. The maximum absolute atomic E-state index is 9.38. The van der Waals surface area contributed by atoms with E-state index in [0.29, 0.717) is 6.54 Å². The summed E-state index contributed by atoms with van der Waals surface area (Å²) in [5.74, 6) is 0.913. The van der Waals surface area contributed by atoms with Gasteiger partial charge >= 0.3 is 0 Å². The number of aliphatic hydroxyl groups excluding tert-OH is 1. The molecule has 0 bridgehead atoms.